The fraction of sp³-hybridized carbons (Fsp3) is 0.435. The molecule has 1 aliphatic rings. The van der Waals surface area contributed by atoms with Gasteiger partial charge in [0.05, 0.1) is 6.61 Å². The Balaban J connectivity index is 1.45. The fourth-order valence-electron chi connectivity index (χ4n) is 3.36. The van der Waals surface area contributed by atoms with Gasteiger partial charge in [-0.1, -0.05) is 34.7 Å². The van der Waals surface area contributed by atoms with Crippen LogP contribution in [0.4, 0.5) is 4.79 Å². The second-order valence-electron chi connectivity index (χ2n) is 7.59. The number of alkyl halides is 1. The number of amides is 1. The van der Waals surface area contributed by atoms with Crippen LogP contribution in [0.25, 0.3) is 11.1 Å². The fourth-order valence-corrected chi connectivity index (χ4v) is 4.06. The van der Waals surface area contributed by atoms with Gasteiger partial charge < -0.3 is 18.9 Å². The maximum absolute atomic E-state index is 12.1. The van der Waals surface area contributed by atoms with E-state index in [4.69, 9.17) is 9.47 Å². The number of likely N-dealkylation sites (tertiary alicyclic amines) is 1. The first-order valence-electron chi connectivity index (χ1n) is 10.1. The van der Waals surface area contributed by atoms with E-state index in [0.29, 0.717) is 12.5 Å². The van der Waals surface area contributed by atoms with Crippen LogP contribution in [0.2, 0.25) is 0 Å². The van der Waals surface area contributed by atoms with Crippen LogP contribution < -0.4 is 4.74 Å². The van der Waals surface area contributed by atoms with E-state index in [2.05, 4.69) is 22.6 Å². The van der Waals surface area contributed by atoms with Gasteiger partial charge in [-0.3, -0.25) is 0 Å². The third kappa shape index (κ3) is 6.52. The van der Waals surface area contributed by atoms with Crippen LogP contribution in [0.5, 0.6) is 5.75 Å². The van der Waals surface area contributed by atoms with Crippen molar-refractivity contribution in [3.8, 4) is 16.9 Å². The predicted molar refractivity (Wildman–Crippen MR) is 129 cm³/mol. The van der Waals surface area contributed by atoms with Crippen LogP contribution in [0.15, 0.2) is 53.4 Å². The molecule has 1 aliphatic heterocycles. The minimum Gasteiger partial charge on any atom is -0.612 e. The largest absolute Gasteiger partial charge is 0.612 e. The number of rotatable bonds is 7. The van der Waals surface area contributed by atoms with Crippen molar-refractivity contribution in [1.82, 2.24) is 4.90 Å². The van der Waals surface area contributed by atoms with Crippen molar-refractivity contribution in [3.05, 3.63) is 48.5 Å². The van der Waals surface area contributed by atoms with E-state index in [-0.39, 0.29) is 12.2 Å². The molecule has 0 aromatic heterocycles. The molecular formula is C23H28INO4S. The molecule has 162 valence electrons. The van der Waals surface area contributed by atoms with Crippen LogP contribution >= 0.6 is 22.6 Å². The van der Waals surface area contributed by atoms with E-state index in [1.54, 1.807) is 11.2 Å². The molecule has 2 unspecified atom stereocenters. The van der Waals surface area contributed by atoms with Gasteiger partial charge in [0.1, 0.15) is 18.1 Å². The Labute approximate surface area is 195 Å². The summed E-state index contributed by atoms with van der Waals surface area (Å²) in [5, 5.41) is 0. The monoisotopic (exact) mass is 541 g/mol. The summed E-state index contributed by atoms with van der Waals surface area (Å²) in [6.45, 7) is 4.01. The summed E-state index contributed by atoms with van der Waals surface area (Å²) in [4.78, 5) is 14.7. The first-order valence-corrected chi connectivity index (χ1v) is 13.2. The third-order valence-electron chi connectivity index (χ3n) is 5.25. The number of nitrogens with zero attached hydrogens (tertiary/aromatic N) is 1. The van der Waals surface area contributed by atoms with E-state index in [0.717, 1.165) is 52.1 Å². The highest BCUT2D eigenvalue weighted by atomic mass is 127. The van der Waals surface area contributed by atoms with Crippen LogP contribution in [0, 0.1) is 5.92 Å². The predicted octanol–water partition coefficient (Wildman–Crippen LogP) is 5.14. The molecule has 1 saturated heterocycles. The number of piperidine rings is 1. The first kappa shape index (κ1) is 23.2. The lowest BCUT2D eigenvalue weighted by Crippen LogP contribution is -2.41. The Morgan fingerprint density at radius 3 is 2.23 bits per heavy atom. The maximum Gasteiger partial charge on any atom is 0.410 e. The van der Waals surface area contributed by atoms with Gasteiger partial charge in [-0.05, 0) is 84.4 Å². The molecule has 0 spiro atoms. The average Bonchev–Trinajstić information content (AvgIpc) is 2.78. The number of carbonyl (C=O) groups is 1. The van der Waals surface area contributed by atoms with Gasteiger partial charge in [0.2, 0.25) is 0 Å². The number of ether oxygens (including phenoxy) is 2. The summed E-state index contributed by atoms with van der Waals surface area (Å²) < 4.78 is 23.7. The number of halogens is 1. The zero-order chi connectivity index (χ0) is 21.5. The highest BCUT2D eigenvalue weighted by Crippen LogP contribution is 2.25. The summed E-state index contributed by atoms with van der Waals surface area (Å²) in [5.41, 5.74) is 2.19. The molecule has 3 rings (SSSR count). The molecular weight excluding hydrogens is 513 g/mol. The minimum absolute atomic E-state index is 0.0457. The third-order valence-corrected chi connectivity index (χ3v) is 7.43. The summed E-state index contributed by atoms with van der Waals surface area (Å²) in [7, 11) is 0. The summed E-state index contributed by atoms with van der Waals surface area (Å²) in [5.74, 6) is 1.29. The number of carbonyl (C=O) groups excluding carboxylic acids is 1. The quantitative estimate of drug-likeness (QED) is 0.277. The first-order chi connectivity index (χ1) is 14.5. The van der Waals surface area contributed by atoms with Gasteiger partial charge in [-0.15, -0.1) is 0 Å². The average molecular weight is 541 g/mol. The lowest BCUT2D eigenvalue weighted by Gasteiger charge is -2.31. The van der Waals surface area contributed by atoms with Crippen LogP contribution in [0.3, 0.4) is 0 Å². The Morgan fingerprint density at radius 2 is 1.70 bits per heavy atom. The highest BCUT2D eigenvalue weighted by molar-refractivity contribution is 14.1. The van der Waals surface area contributed by atoms with Gasteiger partial charge in [0.25, 0.3) is 0 Å². The Kier molecular flexibility index (Phi) is 8.71. The van der Waals surface area contributed by atoms with Gasteiger partial charge in [-0.2, -0.15) is 0 Å². The van der Waals surface area contributed by atoms with E-state index < -0.39 is 11.2 Å². The summed E-state index contributed by atoms with van der Waals surface area (Å²) in [6.07, 6.45) is 3.29. The standard InChI is InChI=1S/C23H28INO4S/c1-17(15-24)29-23(26)25-13-11-18(12-14-25)16-28-21-7-3-19(4-8-21)20-5-9-22(10-6-20)30(2)27/h3-10,17-18H,11-16H2,1-2H3. The van der Waals surface area contributed by atoms with Crippen LogP contribution in [-0.4, -0.2) is 52.0 Å². The Bertz CT molecular complexity index is 805. The molecule has 0 saturated carbocycles. The summed E-state index contributed by atoms with van der Waals surface area (Å²) in [6, 6.07) is 15.8. The zero-order valence-electron chi connectivity index (χ0n) is 17.4. The Morgan fingerprint density at radius 1 is 1.13 bits per heavy atom. The molecule has 0 bridgehead atoms. The molecule has 0 radical (unpaired) electrons. The maximum atomic E-state index is 12.1. The molecule has 30 heavy (non-hydrogen) atoms. The molecule has 0 N–H and O–H groups in total. The van der Waals surface area contributed by atoms with Gasteiger partial charge in [0.15, 0.2) is 4.90 Å². The molecule has 1 fully saturated rings. The van der Waals surface area contributed by atoms with Gasteiger partial charge in [0, 0.05) is 17.5 Å². The van der Waals surface area contributed by atoms with E-state index in [1.807, 2.05) is 55.5 Å². The molecule has 2 atom stereocenters. The topological polar surface area (TPSA) is 61.8 Å². The molecule has 0 aliphatic carbocycles. The van der Waals surface area contributed by atoms with Gasteiger partial charge >= 0.3 is 6.09 Å². The molecule has 1 amide bonds. The smallest absolute Gasteiger partial charge is 0.410 e. The summed E-state index contributed by atoms with van der Waals surface area (Å²) >= 11 is 1.26. The van der Waals surface area contributed by atoms with Crippen LogP contribution in [-0.2, 0) is 15.9 Å². The SMILES string of the molecule is CC(CI)OC(=O)N1CCC(COc2ccc(-c3ccc([S+](C)[O-])cc3)cc2)CC1. The normalized spacial score (nSPS) is 16.7. The molecule has 5 nitrogen and oxygen atoms in total. The number of benzene rings is 2. The van der Waals surface area contributed by atoms with Crippen LogP contribution in [0.1, 0.15) is 19.8 Å². The lowest BCUT2D eigenvalue weighted by molar-refractivity contribution is 0.0629. The molecule has 2 aromatic carbocycles. The van der Waals surface area contributed by atoms with Crippen molar-refractivity contribution in [2.75, 3.05) is 30.4 Å². The van der Waals surface area contributed by atoms with Crippen molar-refractivity contribution in [3.63, 3.8) is 0 Å². The molecule has 7 heteroatoms. The zero-order valence-corrected chi connectivity index (χ0v) is 20.4. The van der Waals surface area contributed by atoms with Crippen molar-refractivity contribution in [2.24, 2.45) is 5.92 Å². The number of hydrogen-bond acceptors (Lipinski definition) is 4. The van der Waals surface area contributed by atoms with Gasteiger partial charge in [-0.25, -0.2) is 4.79 Å². The lowest BCUT2D eigenvalue weighted by atomic mass is 9.98. The van der Waals surface area contributed by atoms with E-state index in [9.17, 15) is 9.35 Å². The highest BCUT2D eigenvalue weighted by Gasteiger charge is 2.25. The minimum atomic E-state index is -0.960. The molecule has 1 heterocycles. The van der Waals surface area contributed by atoms with E-state index >= 15 is 0 Å². The second kappa shape index (κ2) is 11.2. The number of hydrogen-bond donors (Lipinski definition) is 0. The van der Waals surface area contributed by atoms with Crippen molar-refractivity contribution in [2.45, 2.75) is 30.8 Å². The Hall–Kier alpha value is -1.45. The van der Waals surface area contributed by atoms with E-state index in [1.165, 1.54) is 0 Å². The second-order valence-corrected chi connectivity index (χ2v) is 9.85. The van der Waals surface area contributed by atoms with Crippen molar-refractivity contribution < 1.29 is 18.8 Å². The molecule has 2 aromatic rings. The van der Waals surface area contributed by atoms with Crippen molar-refractivity contribution in [1.29, 1.82) is 0 Å². The van der Waals surface area contributed by atoms with Crippen molar-refractivity contribution >= 4 is 39.9 Å².